The summed E-state index contributed by atoms with van der Waals surface area (Å²) in [5.41, 5.74) is 2.55. The lowest BCUT2D eigenvalue weighted by molar-refractivity contribution is -0.0611. The van der Waals surface area contributed by atoms with Gasteiger partial charge in [-0.15, -0.1) is 0 Å². The van der Waals surface area contributed by atoms with E-state index in [2.05, 4.69) is 26.8 Å². The molecule has 2 N–H and O–H groups in total. The predicted molar refractivity (Wildman–Crippen MR) is 100 cm³/mol. The Morgan fingerprint density at radius 3 is 2.72 bits per heavy atom. The highest BCUT2D eigenvalue weighted by Crippen LogP contribution is 2.54. The van der Waals surface area contributed by atoms with Crippen LogP contribution in [0.4, 0.5) is 0 Å². The minimum absolute atomic E-state index is 0.103. The van der Waals surface area contributed by atoms with Crippen LogP contribution in [0.2, 0.25) is 0 Å². The smallest absolute Gasteiger partial charge is 0.335 e. The molecule has 1 aromatic rings. The normalized spacial score (nSPS) is 32.0. The van der Waals surface area contributed by atoms with Gasteiger partial charge in [0.2, 0.25) is 0 Å². The van der Waals surface area contributed by atoms with E-state index in [0.717, 1.165) is 51.4 Å². The predicted octanol–water partition coefficient (Wildman–Crippen LogP) is 4.95. The number of carbonyl (C=O) groups is 1. The number of hydrogen-bond acceptors (Lipinski definition) is 2. The minimum atomic E-state index is -0.843. The van der Waals surface area contributed by atoms with Gasteiger partial charge in [0, 0.05) is 0 Å². The number of carboxylic acid groups (broad SMARTS) is 1. The molecule has 0 radical (unpaired) electrons. The number of rotatable bonds is 4. The zero-order valence-corrected chi connectivity index (χ0v) is 15.8. The van der Waals surface area contributed by atoms with Crippen molar-refractivity contribution < 1.29 is 15.0 Å². The molecule has 25 heavy (non-hydrogen) atoms. The second kappa shape index (κ2) is 6.75. The third-order valence-electron chi connectivity index (χ3n) is 6.75. The van der Waals surface area contributed by atoms with Crippen molar-refractivity contribution in [2.75, 3.05) is 0 Å². The first-order valence-corrected chi connectivity index (χ1v) is 9.89. The molecule has 0 amide bonds. The average molecular weight is 344 g/mol. The maximum Gasteiger partial charge on any atom is 0.335 e. The summed E-state index contributed by atoms with van der Waals surface area (Å²) >= 11 is 0. The molecular weight excluding hydrogens is 312 g/mol. The molecule has 2 aliphatic rings. The van der Waals surface area contributed by atoms with Gasteiger partial charge in [-0.3, -0.25) is 0 Å². The summed E-state index contributed by atoms with van der Waals surface area (Å²) in [6, 6.07) is 5.75. The van der Waals surface area contributed by atoms with Gasteiger partial charge in [-0.1, -0.05) is 26.8 Å². The number of carboxylic acids is 1. The van der Waals surface area contributed by atoms with E-state index in [0.29, 0.717) is 17.4 Å². The van der Waals surface area contributed by atoms with Gasteiger partial charge in [-0.25, -0.2) is 4.79 Å². The third kappa shape index (κ3) is 3.36. The van der Waals surface area contributed by atoms with Crippen LogP contribution in [0.5, 0.6) is 0 Å². The largest absolute Gasteiger partial charge is 0.478 e. The van der Waals surface area contributed by atoms with E-state index in [1.807, 2.05) is 6.07 Å². The van der Waals surface area contributed by atoms with E-state index in [-0.39, 0.29) is 5.41 Å². The van der Waals surface area contributed by atoms with Crippen LogP contribution in [0.3, 0.4) is 0 Å². The first-order chi connectivity index (χ1) is 11.8. The molecule has 3 atom stereocenters. The molecule has 1 fully saturated rings. The Hall–Kier alpha value is -1.35. The molecule has 2 aliphatic carbocycles. The Balaban J connectivity index is 1.99. The monoisotopic (exact) mass is 344 g/mol. The van der Waals surface area contributed by atoms with Crippen molar-refractivity contribution >= 4 is 5.97 Å². The Labute approximate surface area is 151 Å². The van der Waals surface area contributed by atoms with E-state index in [4.69, 9.17) is 0 Å². The molecule has 1 saturated carbocycles. The van der Waals surface area contributed by atoms with E-state index in [1.165, 1.54) is 11.1 Å². The lowest BCUT2D eigenvalue weighted by atomic mass is 9.56. The highest BCUT2D eigenvalue weighted by atomic mass is 16.4. The minimum Gasteiger partial charge on any atom is -0.478 e. The lowest BCUT2D eigenvalue weighted by Crippen LogP contribution is -2.48. The van der Waals surface area contributed by atoms with Crippen LogP contribution in [0.25, 0.3) is 0 Å². The molecule has 0 heterocycles. The molecule has 0 aliphatic heterocycles. The molecule has 3 rings (SSSR count). The summed E-state index contributed by atoms with van der Waals surface area (Å²) in [7, 11) is 0. The lowest BCUT2D eigenvalue weighted by Gasteiger charge is -2.50. The molecule has 0 bridgehead atoms. The number of benzene rings is 1. The van der Waals surface area contributed by atoms with Crippen LogP contribution in [-0.2, 0) is 11.8 Å². The van der Waals surface area contributed by atoms with Crippen molar-refractivity contribution in [3.63, 3.8) is 0 Å². The summed E-state index contributed by atoms with van der Waals surface area (Å²) < 4.78 is 0. The van der Waals surface area contributed by atoms with Gasteiger partial charge in [0.15, 0.2) is 0 Å². The third-order valence-corrected chi connectivity index (χ3v) is 6.75. The van der Waals surface area contributed by atoms with E-state index >= 15 is 0 Å². The molecule has 138 valence electrons. The first-order valence-electron chi connectivity index (χ1n) is 9.89. The average Bonchev–Trinajstić information content (AvgIpc) is 2.69. The van der Waals surface area contributed by atoms with E-state index in [9.17, 15) is 15.0 Å². The molecule has 3 heteroatoms. The topological polar surface area (TPSA) is 57.5 Å². The standard InChI is InChI=1S/C22H32O3/c1-4-22-11-10-21(25,13-15(2)3)14-18(22)7-5-6-16-12-17(20(23)24)8-9-19(16)22/h8-9,12,15,18,25H,4-7,10-11,13-14H2,1-3H3,(H,23,24)/t18-,21-,22+/m0/s1. The molecule has 1 aromatic carbocycles. The SMILES string of the molecule is CC[C@@]12CC[C@](O)(CC(C)C)C[C@@H]1CCCc1cc(C(=O)O)ccc12. The summed E-state index contributed by atoms with van der Waals surface area (Å²) in [5, 5.41) is 20.5. The van der Waals surface area contributed by atoms with Crippen LogP contribution in [0, 0.1) is 11.8 Å². The molecule has 0 spiro atoms. The van der Waals surface area contributed by atoms with Gasteiger partial charge in [0.05, 0.1) is 11.2 Å². The summed E-state index contributed by atoms with van der Waals surface area (Å²) in [5.74, 6) is 0.159. The summed E-state index contributed by atoms with van der Waals surface area (Å²) in [6.45, 7) is 6.64. The highest BCUT2D eigenvalue weighted by Gasteiger charge is 2.49. The molecule has 0 saturated heterocycles. The fraction of sp³-hybridized carbons (Fsp3) is 0.682. The molecule has 3 nitrogen and oxygen atoms in total. The fourth-order valence-electron chi connectivity index (χ4n) is 5.71. The Morgan fingerprint density at radius 1 is 1.32 bits per heavy atom. The van der Waals surface area contributed by atoms with Crippen LogP contribution in [-0.4, -0.2) is 21.8 Å². The number of hydrogen-bond donors (Lipinski definition) is 2. The second-order valence-corrected chi connectivity index (χ2v) is 8.80. The highest BCUT2D eigenvalue weighted by molar-refractivity contribution is 5.88. The van der Waals surface area contributed by atoms with E-state index in [1.54, 1.807) is 6.07 Å². The fourth-order valence-corrected chi connectivity index (χ4v) is 5.71. The van der Waals surface area contributed by atoms with Crippen molar-refractivity contribution in [1.29, 1.82) is 0 Å². The number of aromatic carboxylic acids is 1. The van der Waals surface area contributed by atoms with Crippen molar-refractivity contribution in [3.05, 3.63) is 34.9 Å². The molecule has 0 unspecified atom stereocenters. The maximum atomic E-state index is 11.4. The van der Waals surface area contributed by atoms with Gasteiger partial charge in [0.25, 0.3) is 0 Å². The first kappa shape index (κ1) is 18.4. The van der Waals surface area contributed by atoms with Crippen LogP contribution >= 0.6 is 0 Å². The van der Waals surface area contributed by atoms with Crippen molar-refractivity contribution in [2.45, 2.75) is 83.2 Å². The van der Waals surface area contributed by atoms with Gasteiger partial charge in [-0.05, 0) is 91.9 Å². The van der Waals surface area contributed by atoms with Gasteiger partial charge >= 0.3 is 5.97 Å². The van der Waals surface area contributed by atoms with Crippen LogP contribution in [0.15, 0.2) is 18.2 Å². The van der Waals surface area contributed by atoms with Gasteiger partial charge < -0.3 is 10.2 Å². The number of aryl methyl sites for hydroxylation is 1. The van der Waals surface area contributed by atoms with Crippen molar-refractivity contribution in [3.8, 4) is 0 Å². The second-order valence-electron chi connectivity index (χ2n) is 8.80. The quantitative estimate of drug-likeness (QED) is 0.813. The Bertz CT molecular complexity index is 651. The zero-order valence-electron chi connectivity index (χ0n) is 15.8. The Kier molecular flexibility index (Phi) is 4.98. The van der Waals surface area contributed by atoms with E-state index < -0.39 is 11.6 Å². The maximum absolute atomic E-state index is 11.4. The van der Waals surface area contributed by atoms with Gasteiger partial charge in [-0.2, -0.15) is 0 Å². The molecule has 0 aromatic heterocycles. The summed E-state index contributed by atoms with van der Waals surface area (Å²) in [4.78, 5) is 11.4. The van der Waals surface area contributed by atoms with Crippen molar-refractivity contribution in [1.82, 2.24) is 0 Å². The van der Waals surface area contributed by atoms with Crippen molar-refractivity contribution in [2.24, 2.45) is 11.8 Å². The number of aliphatic hydroxyl groups is 1. The Morgan fingerprint density at radius 2 is 2.08 bits per heavy atom. The summed E-state index contributed by atoms with van der Waals surface area (Å²) in [6.07, 6.45) is 7.87. The van der Waals surface area contributed by atoms with Gasteiger partial charge in [0.1, 0.15) is 0 Å². The van der Waals surface area contributed by atoms with Crippen LogP contribution in [0.1, 0.15) is 87.2 Å². The van der Waals surface area contributed by atoms with Crippen LogP contribution < -0.4 is 0 Å². The zero-order chi connectivity index (χ0) is 18.2. The molecular formula is C22H32O3. The number of fused-ring (bicyclic) bond motifs is 3.